The van der Waals surface area contributed by atoms with Gasteiger partial charge in [-0.15, -0.1) is 0 Å². The summed E-state index contributed by atoms with van der Waals surface area (Å²) in [6.45, 7) is 1.35. The van der Waals surface area contributed by atoms with Crippen molar-refractivity contribution in [2.45, 2.75) is 12.8 Å². The molecule has 0 radical (unpaired) electrons. The molecule has 0 spiro atoms. The van der Waals surface area contributed by atoms with Gasteiger partial charge in [0, 0.05) is 30.7 Å². The lowest BCUT2D eigenvalue weighted by atomic mass is 10.2. The van der Waals surface area contributed by atoms with Gasteiger partial charge < -0.3 is 20.1 Å². The first-order valence-corrected chi connectivity index (χ1v) is 8.73. The molecule has 136 valence electrons. The van der Waals surface area contributed by atoms with Gasteiger partial charge in [-0.2, -0.15) is 0 Å². The third kappa shape index (κ3) is 4.67. The summed E-state index contributed by atoms with van der Waals surface area (Å²) in [5.41, 5.74) is 1.08. The molecule has 7 heteroatoms. The van der Waals surface area contributed by atoms with Crippen LogP contribution in [0.15, 0.2) is 42.5 Å². The number of carbonyl (C=O) groups excluding carboxylic acids is 2. The molecular weight excluding hydrogens is 356 g/mol. The number of ether oxygens (including phenoxy) is 2. The van der Waals surface area contributed by atoms with Gasteiger partial charge >= 0.3 is 0 Å². The Hall–Kier alpha value is -2.73. The van der Waals surface area contributed by atoms with Crippen LogP contribution in [0.25, 0.3) is 0 Å². The van der Waals surface area contributed by atoms with Gasteiger partial charge in [-0.25, -0.2) is 0 Å². The third-order valence-electron chi connectivity index (χ3n) is 3.81. The Balaban J connectivity index is 1.45. The quantitative estimate of drug-likeness (QED) is 0.761. The zero-order chi connectivity index (χ0) is 18.4. The van der Waals surface area contributed by atoms with Crippen molar-refractivity contribution in [1.29, 1.82) is 0 Å². The second kappa shape index (κ2) is 8.58. The molecule has 0 bridgehead atoms. The van der Waals surface area contributed by atoms with Crippen LogP contribution in [0.4, 0.5) is 5.69 Å². The van der Waals surface area contributed by atoms with E-state index in [0.29, 0.717) is 54.0 Å². The van der Waals surface area contributed by atoms with Gasteiger partial charge in [-0.1, -0.05) is 29.8 Å². The Kier molecular flexibility index (Phi) is 5.96. The van der Waals surface area contributed by atoms with Crippen LogP contribution >= 0.6 is 11.6 Å². The highest BCUT2D eigenvalue weighted by atomic mass is 35.5. The Bertz CT molecular complexity index is 796. The molecule has 0 fully saturated rings. The smallest absolute Gasteiger partial charge is 0.251 e. The van der Waals surface area contributed by atoms with Crippen LogP contribution in [-0.4, -0.2) is 31.6 Å². The minimum atomic E-state index is -0.183. The largest absolute Gasteiger partial charge is 0.486 e. The topological polar surface area (TPSA) is 76.7 Å². The normalized spacial score (nSPS) is 12.3. The van der Waals surface area contributed by atoms with E-state index in [-0.39, 0.29) is 18.2 Å². The lowest BCUT2D eigenvalue weighted by Crippen LogP contribution is -2.25. The summed E-state index contributed by atoms with van der Waals surface area (Å²) in [5.74, 6) is 0.798. The fourth-order valence-corrected chi connectivity index (χ4v) is 2.72. The van der Waals surface area contributed by atoms with E-state index in [4.69, 9.17) is 21.1 Å². The van der Waals surface area contributed by atoms with Crippen LogP contribution in [0.2, 0.25) is 5.02 Å². The number of benzene rings is 2. The van der Waals surface area contributed by atoms with Gasteiger partial charge in [-0.3, -0.25) is 9.59 Å². The van der Waals surface area contributed by atoms with Gasteiger partial charge in [0.2, 0.25) is 5.91 Å². The second-order valence-corrected chi connectivity index (χ2v) is 6.16. The molecule has 26 heavy (non-hydrogen) atoms. The average Bonchev–Trinajstić information content (AvgIpc) is 2.66. The number of halogens is 1. The predicted octanol–water partition coefficient (Wildman–Crippen LogP) is 3.26. The second-order valence-electron chi connectivity index (χ2n) is 5.75. The summed E-state index contributed by atoms with van der Waals surface area (Å²) in [4.78, 5) is 24.0. The predicted molar refractivity (Wildman–Crippen MR) is 99.1 cm³/mol. The van der Waals surface area contributed by atoms with Gasteiger partial charge in [-0.05, 0) is 18.6 Å². The van der Waals surface area contributed by atoms with E-state index >= 15 is 0 Å². The van der Waals surface area contributed by atoms with Crippen molar-refractivity contribution in [3.63, 3.8) is 0 Å². The summed E-state index contributed by atoms with van der Waals surface area (Å²) in [6, 6.07) is 12.2. The summed E-state index contributed by atoms with van der Waals surface area (Å²) in [7, 11) is 0. The third-order valence-corrected chi connectivity index (χ3v) is 4.12. The summed E-state index contributed by atoms with van der Waals surface area (Å²) in [6.07, 6.45) is 0.784. The first kappa shape index (κ1) is 18.1. The van der Waals surface area contributed by atoms with Gasteiger partial charge in [0.25, 0.3) is 5.91 Å². The molecule has 0 aromatic heterocycles. The standard InChI is InChI=1S/C19H19ClN2O4/c20-14-11-16-17(26-10-9-25-16)12-15(14)22-18(23)7-4-8-21-19(24)13-5-2-1-3-6-13/h1-3,5-6,11-12H,4,7-10H2,(H,21,24)(H,22,23). The molecule has 0 aliphatic carbocycles. The van der Waals surface area contributed by atoms with E-state index in [2.05, 4.69) is 10.6 Å². The molecule has 2 aromatic rings. The number of fused-ring (bicyclic) bond motifs is 1. The molecule has 2 amide bonds. The molecule has 2 N–H and O–H groups in total. The van der Waals surface area contributed by atoms with Crippen LogP contribution in [-0.2, 0) is 4.79 Å². The Morgan fingerprint density at radius 3 is 2.46 bits per heavy atom. The molecule has 1 aliphatic rings. The zero-order valence-corrected chi connectivity index (χ0v) is 14.8. The van der Waals surface area contributed by atoms with Gasteiger partial charge in [0.15, 0.2) is 11.5 Å². The van der Waals surface area contributed by atoms with Crippen molar-refractivity contribution in [3.05, 3.63) is 53.1 Å². The van der Waals surface area contributed by atoms with Crippen molar-refractivity contribution in [3.8, 4) is 11.5 Å². The van der Waals surface area contributed by atoms with E-state index in [1.165, 1.54) is 0 Å². The molecular formula is C19H19ClN2O4. The number of nitrogens with one attached hydrogen (secondary N) is 2. The Morgan fingerprint density at radius 1 is 1.04 bits per heavy atom. The lowest BCUT2D eigenvalue weighted by molar-refractivity contribution is -0.116. The monoisotopic (exact) mass is 374 g/mol. The SMILES string of the molecule is O=C(CCCNC(=O)c1ccccc1)Nc1cc2c(cc1Cl)OCCO2. The average molecular weight is 375 g/mol. The van der Waals surface area contributed by atoms with E-state index in [1.807, 2.05) is 6.07 Å². The van der Waals surface area contributed by atoms with E-state index in [0.717, 1.165) is 0 Å². The highest BCUT2D eigenvalue weighted by Gasteiger charge is 2.16. The van der Waals surface area contributed by atoms with Gasteiger partial charge in [0.1, 0.15) is 13.2 Å². The first-order valence-electron chi connectivity index (χ1n) is 8.36. The number of rotatable bonds is 6. The van der Waals surface area contributed by atoms with E-state index < -0.39 is 0 Å². The molecule has 1 aliphatic heterocycles. The van der Waals surface area contributed by atoms with Crippen molar-refractivity contribution < 1.29 is 19.1 Å². The van der Waals surface area contributed by atoms with Crippen molar-refractivity contribution in [2.24, 2.45) is 0 Å². The lowest BCUT2D eigenvalue weighted by Gasteiger charge is -2.20. The molecule has 1 heterocycles. The van der Waals surface area contributed by atoms with Crippen molar-refractivity contribution >= 4 is 29.1 Å². The molecule has 0 saturated heterocycles. The highest BCUT2D eigenvalue weighted by Crippen LogP contribution is 2.37. The van der Waals surface area contributed by atoms with Crippen LogP contribution in [0.5, 0.6) is 11.5 Å². The van der Waals surface area contributed by atoms with E-state index in [9.17, 15) is 9.59 Å². The molecule has 2 aromatic carbocycles. The number of hydrogen-bond donors (Lipinski definition) is 2. The van der Waals surface area contributed by atoms with E-state index in [1.54, 1.807) is 36.4 Å². The first-order chi connectivity index (χ1) is 12.6. The summed E-state index contributed by atoms with van der Waals surface area (Å²) < 4.78 is 10.9. The summed E-state index contributed by atoms with van der Waals surface area (Å²) in [5, 5.41) is 5.94. The fourth-order valence-electron chi connectivity index (χ4n) is 2.51. The molecule has 0 unspecified atom stereocenters. The zero-order valence-electron chi connectivity index (χ0n) is 14.1. The number of amides is 2. The minimum absolute atomic E-state index is 0.152. The van der Waals surface area contributed by atoms with Gasteiger partial charge in [0.05, 0.1) is 10.7 Å². The Morgan fingerprint density at radius 2 is 1.73 bits per heavy atom. The Labute approximate surface area is 156 Å². The fraction of sp³-hybridized carbons (Fsp3) is 0.263. The van der Waals surface area contributed by atoms with Crippen molar-refractivity contribution in [1.82, 2.24) is 5.32 Å². The minimum Gasteiger partial charge on any atom is -0.486 e. The molecule has 0 saturated carbocycles. The number of carbonyl (C=O) groups is 2. The van der Waals surface area contributed by atoms with Crippen LogP contribution in [0.3, 0.4) is 0 Å². The summed E-state index contributed by atoms with van der Waals surface area (Å²) >= 11 is 6.17. The highest BCUT2D eigenvalue weighted by molar-refractivity contribution is 6.34. The van der Waals surface area contributed by atoms with Crippen LogP contribution < -0.4 is 20.1 Å². The molecule has 6 nitrogen and oxygen atoms in total. The van der Waals surface area contributed by atoms with Crippen molar-refractivity contribution in [2.75, 3.05) is 25.1 Å². The molecule has 0 atom stereocenters. The number of anilines is 1. The molecule has 3 rings (SSSR count). The van der Waals surface area contributed by atoms with Crippen LogP contribution in [0, 0.1) is 0 Å². The maximum absolute atomic E-state index is 12.1. The maximum Gasteiger partial charge on any atom is 0.251 e. The van der Waals surface area contributed by atoms with Crippen LogP contribution in [0.1, 0.15) is 23.2 Å². The number of hydrogen-bond acceptors (Lipinski definition) is 4. The maximum atomic E-state index is 12.1.